The molecule has 0 atom stereocenters. The lowest BCUT2D eigenvalue weighted by atomic mass is 9.68. The molecule has 0 unspecified atom stereocenters. The van der Waals surface area contributed by atoms with Gasteiger partial charge in [0, 0.05) is 37.2 Å². The predicted octanol–water partition coefficient (Wildman–Crippen LogP) is 16.4. The van der Waals surface area contributed by atoms with Gasteiger partial charge in [-0.15, -0.1) is 11.3 Å². The first-order valence-electron chi connectivity index (χ1n) is 21.0. The number of anilines is 3. The van der Waals surface area contributed by atoms with Crippen molar-refractivity contribution in [1.29, 1.82) is 0 Å². The highest BCUT2D eigenvalue weighted by molar-refractivity contribution is 7.26. The van der Waals surface area contributed by atoms with Crippen LogP contribution in [0.2, 0.25) is 0 Å². The molecule has 10 aromatic carbocycles. The van der Waals surface area contributed by atoms with Gasteiger partial charge in [-0.25, -0.2) is 0 Å². The smallest absolute Gasteiger partial charge is 0.0713 e. The fourth-order valence-electron chi connectivity index (χ4n) is 10.1. The number of hydrogen-bond donors (Lipinski definition) is 0. The molecule has 2 heteroatoms. The Morgan fingerprint density at radius 1 is 0.295 bits per heavy atom. The number of benzene rings is 10. The Kier molecular flexibility index (Phi) is 8.33. The van der Waals surface area contributed by atoms with E-state index in [1.165, 1.54) is 86.6 Å². The summed E-state index contributed by atoms with van der Waals surface area (Å²) in [4.78, 5) is 2.39. The van der Waals surface area contributed by atoms with Gasteiger partial charge in [0.25, 0.3) is 0 Å². The third-order valence-corrected chi connectivity index (χ3v) is 13.9. The summed E-state index contributed by atoms with van der Waals surface area (Å²) in [6, 6.07) is 87.1. The van der Waals surface area contributed by atoms with Gasteiger partial charge in [-0.2, -0.15) is 0 Å². The van der Waals surface area contributed by atoms with Gasteiger partial charge in [-0.1, -0.05) is 188 Å². The van der Waals surface area contributed by atoms with Crippen molar-refractivity contribution < 1.29 is 0 Å². The van der Waals surface area contributed by atoms with Gasteiger partial charge < -0.3 is 4.90 Å². The largest absolute Gasteiger partial charge is 0.311 e. The van der Waals surface area contributed by atoms with Crippen molar-refractivity contribution in [3.63, 3.8) is 0 Å². The first-order chi connectivity index (χ1) is 30.3. The molecule has 1 heterocycles. The molecular formula is C59H39NS. The maximum absolute atomic E-state index is 2.39. The fraction of sp³-hybridized carbons (Fsp3) is 0.0169. The molecule has 0 spiro atoms. The van der Waals surface area contributed by atoms with E-state index in [4.69, 9.17) is 0 Å². The van der Waals surface area contributed by atoms with Crippen LogP contribution >= 0.6 is 11.3 Å². The highest BCUT2D eigenvalue weighted by Crippen LogP contribution is 2.56. The minimum absolute atomic E-state index is 0.448. The van der Waals surface area contributed by atoms with E-state index >= 15 is 0 Å². The first kappa shape index (κ1) is 35.4. The van der Waals surface area contributed by atoms with Crippen LogP contribution in [0.5, 0.6) is 0 Å². The Labute approximate surface area is 360 Å². The quantitative estimate of drug-likeness (QED) is 0.155. The molecule has 11 aromatic rings. The monoisotopic (exact) mass is 793 g/mol. The van der Waals surface area contributed by atoms with Crippen molar-refractivity contribution in [2.45, 2.75) is 5.41 Å². The van der Waals surface area contributed by atoms with E-state index in [9.17, 15) is 0 Å². The van der Waals surface area contributed by atoms with Gasteiger partial charge in [0.1, 0.15) is 0 Å². The van der Waals surface area contributed by atoms with Crippen LogP contribution in [0.3, 0.4) is 0 Å². The maximum Gasteiger partial charge on any atom is 0.0713 e. The minimum atomic E-state index is -0.448. The third kappa shape index (κ3) is 5.60. The lowest BCUT2D eigenvalue weighted by molar-refractivity contribution is 0.768. The molecule has 0 saturated heterocycles. The molecule has 0 radical (unpaired) electrons. The van der Waals surface area contributed by atoms with Gasteiger partial charge in [0.15, 0.2) is 0 Å². The van der Waals surface area contributed by atoms with Gasteiger partial charge in [0.05, 0.1) is 5.41 Å². The molecule has 61 heavy (non-hydrogen) atoms. The number of fused-ring (bicyclic) bond motifs is 8. The molecule has 0 aliphatic heterocycles. The van der Waals surface area contributed by atoms with Crippen LogP contribution in [0.1, 0.15) is 22.3 Å². The van der Waals surface area contributed by atoms with E-state index in [2.05, 4.69) is 241 Å². The Bertz CT molecular complexity index is 3340. The third-order valence-electron chi connectivity index (χ3n) is 12.8. The van der Waals surface area contributed by atoms with Gasteiger partial charge in [-0.3, -0.25) is 0 Å². The highest BCUT2D eigenvalue weighted by Gasteiger charge is 2.45. The van der Waals surface area contributed by atoms with Crippen molar-refractivity contribution in [3.05, 3.63) is 259 Å². The molecule has 1 aliphatic rings. The van der Waals surface area contributed by atoms with Gasteiger partial charge in [-0.05, 0) is 115 Å². The summed E-state index contributed by atoms with van der Waals surface area (Å²) in [6.07, 6.45) is 0. The van der Waals surface area contributed by atoms with E-state index in [0.29, 0.717) is 0 Å². The zero-order valence-corrected chi connectivity index (χ0v) is 34.2. The first-order valence-corrected chi connectivity index (χ1v) is 21.8. The SMILES string of the molecule is c1ccc(-c2ccc(N(c3ccc(-c4cccc5c4ccc4sc6ccccc6c45)cc3)c3ccc(C4(c5ccccc5)c5ccccc5-c5ccccc54)cc3)cc2)cc1. The molecule has 0 N–H and O–H groups in total. The van der Waals surface area contributed by atoms with Crippen LogP contribution in [0.4, 0.5) is 17.1 Å². The van der Waals surface area contributed by atoms with E-state index in [-0.39, 0.29) is 0 Å². The van der Waals surface area contributed by atoms with E-state index in [1.54, 1.807) is 0 Å². The number of thiophene rings is 1. The zero-order valence-electron chi connectivity index (χ0n) is 33.4. The summed E-state index contributed by atoms with van der Waals surface area (Å²) in [5.41, 5.74) is 15.5. The standard InChI is InChI=1S/C59H39NS/c1-3-14-40(15-4-1)41-26-32-45(33-27-41)60(46-34-28-42(29-35-46)48-21-13-22-52-49(48)38-39-57-58(52)53-20-9-12-25-56(53)61-57)47-36-30-44(31-37-47)59(43-16-5-2-6-17-43)54-23-10-7-18-50(54)51-19-8-11-24-55(51)59/h1-39H. The second-order valence-electron chi connectivity index (χ2n) is 16.0. The second kappa shape index (κ2) is 14.3. The van der Waals surface area contributed by atoms with Crippen LogP contribution in [0, 0.1) is 0 Å². The second-order valence-corrected chi connectivity index (χ2v) is 17.1. The predicted molar refractivity (Wildman–Crippen MR) is 260 cm³/mol. The van der Waals surface area contributed by atoms with Crippen molar-refractivity contribution in [1.82, 2.24) is 0 Å². The minimum Gasteiger partial charge on any atom is -0.311 e. The van der Waals surface area contributed by atoms with Crippen molar-refractivity contribution in [2.24, 2.45) is 0 Å². The fourth-order valence-corrected chi connectivity index (χ4v) is 11.2. The van der Waals surface area contributed by atoms with Crippen LogP contribution in [0.25, 0.3) is 64.3 Å². The normalized spacial score (nSPS) is 12.7. The molecule has 1 nitrogen and oxygen atoms in total. The number of nitrogens with zero attached hydrogens (tertiary/aromatic N) is 1. The average Bonchev–Trinajstić information content (AvgIpc) is 3.87. The number of rotatable bonds is 7. The molecule has 286 valence electrons. The molecule has 1 aromatic heterocycles. The van der Waals surface area contributed by atoms with E-state index in [0.717, 1.165) is 17.1 Å². The highest BCUT2D eigenvalue weighted by atomic mass is 32.1. The van der Waals surface area contributed by atoms with Gasteiger partial charge >= 0.3 is 0 Å². The molecule has 0 saturated carbocycles. The summed E-state index contributed by atoms with van der Waals surface area (Å²) >= 11 is 1.87. The lowest BCUT2D eigenvalue weighted by Crippen LogP contribution is -2.28. The zero-order chi connectivity index (χ0) is 40.3. The lowest BCUT2D eigenvalue weighted by Gasteiger charge is -2.34. The Hall–Kier alpha value is -7.52. The Balaban J connectivity index is 0.987. The van der Waals surface area contributed by atoms with Crippen LogP contribution in [0.15, 0.2) is 237 Å². The summed E-state index contributed by atoms with van der Waals surface area (Å²) in [6.45, 7) is 0. The molecule has 1 aliphatic carbocycles. The average molecular weight is 794 g/mol. The summed E-state index contributed by atoms with van der Waals surface area (Å²) in [7, 11) is 0. The summed E-state index contributed by atoms with van der Waals surface area (Å²) < 4.78 is 2.66. The van der Waals surface area contributed by atoms with Crippen LogP contribution in [-0.4, -0.2) is 0 Å². The molecule has 0 amide bonds. The molecule has 12 rings (SSSR count). The van der Waals surface area contributed by atoms with E-state index < -0.39 is 5.41 Å². The maximum atomic E-state index is 2.39. The summed E-state index contributed by atoms with van der Waals surface area (Å²) in [5.74, 6) is 0. The number of hydrogen-bond acceptors (Lipinski definition) is 2. The molecule has 0 bridgehead atoms. The van der Waals surface area contributed by atoms with Crippen molar-refractivity contribution >= 4 is 59.3 Å². The van der Waals surface area contributed by atoms with Crippen molar-refractivity contribution in [3.8, 4) is 33.4 Å². The van der Waals surface area contributed by atoms with Crippen LogP contribution < -0.4 is 4.90 Å². The van der Waals surface area contributed by atoms with E-state index in [1.807, 2.05) is 11.3 Å². The Morgan fingerprint density at radius 2 is 0.787 bits per heavy atom. The van der Waals surface area contributed by atoms with Crippen molar-refractivity contribution in [2.75, 3.05) is 4.90 Å². The molecule has 0 fully saturated rings. The Morgan fingerprint density at radius 3 is 1.46 bits per heavy atom. The van der Waals surface area contributed by atoms with Gasteiger partial charge in [0.2, 0.25) is 0 Å². The summed E-state index contributed by atoms with van der Waals surface area (Å²) in [5, 5.41) is 5.26. The molecular weight excluding hydrogens is 755 g/mol. The van der Waals surface area contributed by atoms with Crippen LogP contribution in [-0.2, 0) is 5.41 Å². The topological polar surface area (TPSA) is 3.24 Å².